The summed E-state index contributed by atoms with van der Waals surface area (Å²) < 4.78 is 2.22. The van der Waals surface area contributed by atoms with Crippen molar-refractivity contribution in [3.8, 4) is 0 Å². The average Bonchev–Trinajstić information content (AvgIpc) is 3.06. The standard InChI is InChI=1S/C25H33ClN4O2/c1-4-10-27-25(32)18-29-14-12-28(13-15-29)17-24(31)23-16-19(2)30(20(23)3)11-9-21-5-7-22(26)8-6-21/h4-8,16H,1,9-15,17-18H2,2-3H3,(H,27,32). The Labute approximate surface area is 195 Å². The van der Waals surface area contributed by atoms with Gasteiger partial charge in [-0.1, -0.05) is 29.8 Å². The summed E-state index contributed by atoms with van der Waals surface area (Å²) >= 11 is 5.98. The van der Waals surface area contributed by atoms with Crippen LogP contribution in [0.2, 0.25) is 5.02 Å². The zero-order chi connectivity index (χ0) is 23.1. The molecule has 32 heavy (non-hydrogen) atoms. The van der Waals surface area contributed by atoms with Crippen LogP contribution in [0.15, 0.2) is 43.0 Å². The summed E-state index contributed by atoms with van der Waals surface area (Å²) in [5.74, 6) is 0.175. The third-order valence-electron chi connectivity index (χ3n) is 6.05. The molecule has 1 aromatic heterocycles. The van der Waals surface area contributed by atoms with E-state index in [1.54, 1.807) is 6.08 Å². The van der Waals surface area contributed by atoms with Crippen LogP contribution in [0.1, 0.15) is 27.3 Å². The lowest BCUT2D eigenvalue weighted by atomic mass is 10.1. The molecule has 0 saturated carbocycles. The predicted molar refractivity (Wildman–Crippen MR) is 129 cm³/mol. The number of benzene rings is 1. The molecule has 0 radical (unpaired) electrons. The fourth-order valence-electron chi connectivity index (χ4n) is 4.16. The molecule has 2 heterocycles. The number of halogens is 1. The van der Waals surface area contributed by atoms with E-state index < -0.39 is 0 Å². The van der Waals surface area contributed by atoms with E-state index in [9.17, 15) is 9.59 Å². The predicted octanol–water partition coefficient (Wildman–Crippen LogP) is 3.10. The van der Waals surface area contributed by atoms with Crippen molar-refractivity contribution < 1.29 is 9.59 Å². The van der Waals surface area contributed by atoms with E-state index in [-0.39, 0.29) is 11.7 Å². The van der Waals surface area contributed by atoms with Crippen LogP contribution in [0.3, 0.4) is 0 Å². The Kier molecular flexibility index (Phi) is 8.67. The monoisotopic (exact) mass is 456 g/mol. The highest BCUT2D eigenvalue weighted by molar-refractivity contribution is 6.30. The summed E-state index contributed by atoms with van der Waals surface area (Å²) in [7, 11) is 0. The van der Waals surface area contributed by atoms with E-state index in [0.29, 0.717) is 19.6 Å². The number of ketones is 1. The molecule has 172 valence electrons. The lowest BCUT2D eigenvalue weighted by Gasteiger charge is -2.33. The summed E-state index contributed by atoms with van der Waals surface area (Å²) in [6.45, 7) is 13.0. The molecule has 1 saturated heterocycles. The number of hydrogen-bond donors (Lipinski definition) is 1. The lowest BCUT2D eigenvalue weighted by molar-refractivity contribution is -0.122. The normalized spacial score (nSPS) is 15.0. The van der Waals surface area contributed by atoms with Gasteiger partial charge in [-0.2, -0.15) is 0 Å². The third-order valence-corrected chi connectivity index (χ3v) is 6.31. The maximum atomic E-state index is 13.0. The van der Waals surface area contributed by atoms with Crippen LogP contribution in [0.4, 0.5) is 0 Å². The molecular weight excluding hydrogens is 424 g/mol. The van der Waals surface area contributed by atoms with Crippen LogP contribution in [-0.4, -0.2) is 71.9 Å². The van der Waals surface area contributed by atoms with Gasteiger partial charge in [0.2, 0.25) is 5.91 Å². The second-order valence-corrected chi connectivity index (χ2v) is 8.82. The fraction of sp³-hybridized carbons (Fsp3) is 0.440. The molecule has 6 nitrogen and oxygen atoms in total. The molecular formula is C25H33ClN4O2. The van der Waals surface area contributed by atoms with Crippen molar-refractivity contribution in [2.75, 3.05) is 45.8 Å². The van der Waals surface area contributed by atoms with Crippen molar-refractivity contribution in [1.82, 2.24) is 19.7 Å². The van der Waals surface area contributed by atoms with Crippen molar-refractivity contribution in [3.05, 3.63) is 70.5 Å². The Morgan fingerprint density at radius 2 is 1.69 bits per heavy atom. The highest BCUT2D eigenvalue weighted by atomic mass is 35.5. The van der Waals surface area contributed by atoms with Gasteiger partial charge in [0.1, 0.15) is 0 Å². The molecule has 1 N–H and O–H groups in total. The number of rotatable bonds is 10. The first-order valence-electron chi connectivity index (χ1n) is 11.1. The van der Waals surface area contributed by atoms with Gasteiger partial charge in [-0.15, -0.1) is 6.58 Å². The van der Waals surface area contributed by atoms with Crippen LogP contribution in [0, 0.1) is 13.8 Å². The van der Waals surface area contributed by atoms with Crippen molar-refractivity contribution in [1.29, 1.82) is 0 Å². The van der Waals surface area contributed by atoms with Crippen molar-refractivity contribution in [2.45, 2.75) is 26.8 Å². The zero-order valence-electron chi connectivity index (χ0n) is 19.1. The first-order valence-corrected chi connectivity index (χ1v) is 11.5. The smallest absolute Gasteiger partial charge is 0.234 e. The molecule has 2 aromatic rings. The Morgan fingerprint density at radius 3 is 2.31 bits per heavy atom. The van der Waals surface area contributed by atoms with E-state index in [1.165, 1.54) is 5.56 Å². The minimum atomic E-state index is 0.0143. The molecule has 1 aliphatic rings. The van der Waals surface area contributed by atoms with E-state index in [2.05, 4.69) is 33.2 Å². The van der Waals surface area contributed by atoms with Crippen LogP contribution < -0.4 is 5.32 Å². The van der Waals surface area contributed by atoms with Crippen molar-refractivity contribution in [3.63, 3.8) is 0 Å². The summed E-state index contributed by atoms with van der Waals surface area (Å²) in [6, 6.07) is 9.93. The van der Waals surface area contributed by atoms with Crippen LogP contribution in [0.5, 0.6) is 0 Å². The Balaban J connectivity index is 1.51. The molecule has 0 atom stereocenters. The summed E-state index contributed by atoms with van der Waals surface area (Å²) in [6.07, 6.45) is 2.57. The lowest BCUT2D eigenvalue weighted by Crippen LogP contribution is -2.50. The van der Waals surface area contributed by atoms with Crippen LogP contribution in [0.25, 0.3) is 0 Å². The Bertz CT molecular complexity index is 944. The van der Waals surface area contributed by atoms with Crippen molar-refractivity contribution >= 4 is 23.3 Å². The Morgan fingerprint density at radius 1 is 1.06 bits per heavy atom. The van der Waals surface area contributed by atoms with Crippen LogP contribution >= 0.6 is 11.6 Å². The molecule has 0 spiro atoms. The number of carbonyl (C=O) groups excluding carboxylic acids is 2. The number of hydrogen-bond acceptors (Lipinski definition) is 4. The number of nitrogens with one attached hydrogen (secondary N) is 1. The number of Topliss-reactive ketones (excluding diaryl/α,β-unsaturated/α-hetero) is 1. The summed E-state index contributed by atoms with van der Waals surface area (Å²) in [5, 5.41) is 3.55. The quantitative estimate of drug-likeness (QED) is 0.441. The second kappa shape index (κ2) is 11.5. The second-order valence-electron chi connectivity index (χ2n) is 8.38. The number of aryl methyl sites for hydroxylation is 2. The maximum Gasteiger partial charge on any atom is 0.234 e. The molecule has 0 bridgehead atoms. The number of nitrogens with zero attached hydrogens (tertiary/aromatic N) is 3. The minimum Gasteiger partial charge on any atom is -0.352 e. The fourth-order valence-corrected chi connectivity index (χ4v) is 4.28. The first-order chi connectivity index (χ1) is 15.4. The van der Waals surface area contributed by atoms with E-state index >= 15 is 0 Å². The Hall–Kier alpha value is -2.41. The van der Waals surface area contributed by atoms with Gasteiger partial charge in [0, 0.05) is 61.2 Å². The molecule has 7 heteroatoms. The topological polar surface area (TPSA) is 57.6 Å². The van der Waals surface area contributed by atoms with Gasteiger partial charge in [-0.25, -0.2) is 0 Å². The molecule has 1 amide bonds. The number of carbonyl (C=O) groups is 2. The van der Waals surface area contributed by atoms with Gasteiger partial charge in [0.15, 0.2) is 5.78 Å². The van der Waals surface area contributed by atoms with Crippen molar-refractivity contribution in [2.24, 2.45) is 0 Å². The molecule has 0 aliphatic carbocycles. The number of amides is 1. The van der Waals surface area contributed by atoms with Crippen LogP contribution in [-0.2, 0) is 17.8 Å². The van der Waals surface area contributed by atoms with Gasteiger partial charge in [0.25, 0.3) is 0 Å². The van der Waals surface area contributed by atoms with Gasteiger partial charge < -0.3 is 9.88 Å². The van der Waals surface area contributed by atoms with Gasteiger partial charge in [-0.3, -0.25) is 19.4 Å². The highest BCUT2D eigenvalue weighted by Gasteiger charge is 2.23. The summed E-state index contributed by atoms with van der Waals surface area (Å²) in [5.41, 5.74) is 4.17. The van der Waals surface area contributed by atoms with Gasteiger partial charge in [0.05, 0.1) is 13.1 Å². The number of piperazine rings is 1. The SMILES string of the molecule is C=CCNC(=O)CN1CCN(CC(=O)c2cc(C)n(CCc3ccc(Cl)cc3)c2C)CC1. The van der Waals surface area contributed by atoms with Gasteiger partial charge >= 0.3 is 0 Å². The first kappa shape index (κ1) is 24.2. The highest BCUT2D eigenvalue weighted by Crippen LogP contribution is 2.18. The van der Waals surface area contributed by atoms with E-state index in [0.717, 1.165) is 61.1 Å². The molecule has 0 unspecified atom stereocenters. The average molecular weight is 457 g/mol. The zero-order valence-corrected chi connectivity index (χ0v) is 19.8. The molecule has 1 aromatic carbocycles. The number of aromatic nitrogens is 1. The molecule has 1 aliphatic heterocycles. The molecule has 1 fully saturated rings. The maximum absolute atomic E-state index is 13.0. The summed E-state index contributed by atoms with van der Waals surface area (Å²) in [4.78, 5) is 29.2. The minimum absolute atomic E-state index is 0.0143. The van der Waals surface area contributed by atoms with E-state index in [4.69, 9.17) is 11.6 Å². The van der Waals surface area contributed by atoms with Gasteiger partial charge in [-0.05, 0) is 44.0 Å². The third kappa shape index (κ3) is 6.55. The largest absolute Gasteiger partial charge is 0.352 e. The van der Waals surface area contributed by atoms with E-state index in [1.807, 2.05) is 37.3 Å². The molecule has 3 rings (SSSR count).